The smallest absolute Gasteiger partial charge is 0.0737 e. The molecule has 4 aromatic rings. The summed E-state index contributed by atoms with van der Waals surface area (Å²) in [5, 5.41) is 0. The predicted molar refractivity (Wildman–Crippen MR) is 134 cm³/mol. The highest BCUT2D eigenvalue weighted by Gasteiger charge is 2.10. The van der Waals surface area contributed by atoms with Gasteiger partial charge in [-0.1, -0.05) is 80.8 Å². The van der Waals surface area contributed by atoms with Gasteiger partial charge >= 0.3 is 0 Å². The Bertz CT molecular complexity index is 1040. The molecule has 0 fully saturated rings. The Morgan fingerprint density at radius 3 is 1.93 bits per heavy atom. The Balaban J connectivity index is 1.48. The van der Waals surface area contributed by atoms with E-state index in [1.54, 1.807) is 0 Å². The second-order valence-corrected chi connectivity index (χ2v) is 10.8. The number of benzene rings is 2. The van der Waals surface area contributed by atoms with E-state index in [1.807, 2.05) is 22.7 Å². The zero-order valence-corrected chi connectivity index (χ0v) is 19.9. The monoisotopic (exact) mass is 480 g/mol. The maximum Gasteiger partial charge on any atom is 0.0737 e. The van der Waals surface area contributed by atoms with Gasteiger partial charge in [-0.15, -0.1) is 22.7 Å². The first-order chi connectivity index (χ1) is 14.2. The lowest BCUT2D eigenvalue weighted by atomic mass is 10.1. The standard InChI is InChI=1S/C26H25BrS2/c1-2-3-4-6-11-22-18-25(29-26(22)27)21-14-12-20(13-15-21)24-17-16-23(28-24)19-9-7-5-8-10-19/h5,7-10,12-18H,2-4,6,11H2,1H3. The van der Waals surface area contributed by atoms with Crippen LogP contribution in [0.3, 0.4) is 0 Å². The van der Waals surface area contributed by atoms with Crippen LogP contribution in [0.5, 0.6) is 0 Å². The van der Waals surface area contributed by atoms with E-state index in [-0.39, 0.29) is 0 Å². The molecule has 0 aliphatic heterocycles. The summed E-state index contributed by atoms with van der Waals surface area (Å²) in [6.07, 6.45) is 6.41. The molecule has 0 saturated carbocycles. The van der Waals surface area contributed by atoms with Crippen molar-refractivity contribution in [1.82, 2.24) is 0 Å². The van der Waals surface area contributed by atoms with Crippen LogP contribution in [-0.4, -0.2) is 0 Å². The number of thiophene rings is 2. The number of unbranched alkanes of at least 4 members (excludes halogenated alkanes) is 3. The van der Waals surface area contributed by atoms with E-state index in [2.05, 4.69) is 95.7 Å². The first kappa shape index (κ1) is 20.6. The normalized spacial score (nSPS) is 11.1. The zero-order valence-electron chi connectivity index (χ0n) is 16.7. The van der Waals surface area contributed by atoms with Crippen molar-refractivity contribution in [2.75, 3.05) is 0 Å². The van der Waals surface area contributed by atoms with Gasteiger partial charge < -0.3 is 0 Å². The van der Waals surface area contributed by atoms with Crippen molar-refractivity contribution in [2.45, 2.75) is 39.0 Å². The minimum Gasteiger partial charge on any atom is -0.135 e. The summed E-state index contributed by atoms with van der Waals surface area (Å²) in [6, 6.07) is 26.5. The van der Waals surface area contributed by atoms with E-state index >= 15 is 0 Å². The van der Waals surface area contributed by atoms with Gasteiger partial charge in [0, 0.05) is 14.6 Å². The highest BCUT2D eigenvalue weighted by Crippen LogP contribution is 2.38. The lowest BCUT2D eigenvalue weighted by Gasteiger charge is -2.01. The highest BCUT2D eigenvalue weighted by atomic mass is 79.9. The second-order valence-electron chi connectivity index (χ2n) is 7.33. The summed E-state index contributed by atoms with van der Waals surface area (Å²) in [7, 11) is 0. The average molecular weight is 482 g/mol. The minimum atomic E-state index is 1.17. The third kappa shape index (κ3) is 5.09. The van der Waals surface area contributed by atoms with Gasteiger partial charge in [-0.3, -0.25) is 0 Å². The molecule has 4 rings (SSSR count). The molecule has 2 aromatic carbocycles. The van der Waals surface area contributed by atoms with Gasteiger partial charge in [0.25, 0.3) is 0 Å². The van der Waals surface area contributed by atoms with E-state index < -0.39 is 0 Å². The fourth-order valence-electron chi connectivity index (χ4n) is 3.51. The quantitative estimate of drug-likeness (QED) is 0.220. The van der Waals surface area contributed by atoms with Crippen LogP contribution < -0.4 is 0 Å². The van der Waals surface area contributed by atoms with Crippen molar-refractivity contribution in [3.05, 3.63) is 82.1 Å². The molecule has 0 aliphatic rings. The number of aryl methyl sites for hydroxylation is 1. The third-order valence-electron chi connectivity index (χ3n) is 5.18. The van der Waals surface area contributed by atoms with Crippen LogP contribution in [0.25, 0.3) is 31.3 Å². The van der Waals surface area contributed by atoms with Crippen molar-refractivity contribution in [2.24, 2.45) is 0 Å². The molecule has 0 N–H and O–H groups in total. The van der Waals surface area contributed by atoms with Crippen LogP contribution in [-0.2, 0) is 6.42 Å². The summed E-state index contributed by atoms with van der Waals surface area (Å²) in [5.74, 6) is 0. The highest BCUT2D eigenvalue weighted by molar-refractivity contribution is 9.11. The molecule has 0 aliphatic carbocycles. The number of hydrogen-bond donors (Lipinski definition) is 0. The Morgan fingerprint density at radius 2 is 1.28 bits per heavy atom. The minimum absolute atomic E-state index is 1.17. The van der Waals surface area contributed by atoms with E-state index in [9.17, 15) is 0 Å². The second kappa shape index (κ2) is 9.88. The molecule has 0 amide bonds. The Labute approximate surface area is 190 Å². The SMILES string of the molecule is CCCCCCc1cc(-c2ccc(-c3ccc(-c4ccccc4)s3)cc2)sc1Br. The number of rotatable bonds is 8. The van der Waals surface area contributed by atoms with E-state index in [4.69, 9.17) is 0 Å². The van der Waals surface area contributed by atoms with Gasteiger partial charge in [-0.2, -0.15) is 0 Å². The van der Waals surface area contributed by atoms with Crippen molar-refractivity contribution in [3.63, 3.8) is 0 Å². The first-order valence-electron chi connectivity index (χ1n) is 10.3. The van der Waals surface area contributed by atoms with E-state index in [0.29, 0.717) is 0 Å². The van der Waals surface area contributed by atoms with Crippen LogP contribution in [0.2, 0.25) is 0 Å². The molecule has 0 bridgehead atoms. The molecule has 0 spiro atoms. The lowest BCUT2D eigenvalue weighted by Crippen LogP contribution is -1.83. The molecule has 0 unspecified atom stereocenters. The summed E-state index contributed by atoms with van der Waals surface area (Å²) in [4.78, 5) is 3.99. The number of hydrogen-bond acceptors (Lipinski definition) is 2. The van der Waals surface area contributed by atoms with Crippen molar-refractivity contribution < 1.29 is 0 Å². The Kier molecular flexibility index (Phi) is 7.02. The maximum atomic E-state index is 3.78. The van der Waals surface area contributed by atoms with Gasteiger partial charge in [0.15, 0.2) is 0 Å². The molecular weight excluding hydrogens is 456 g/mol. The van der Waals surface area contributed by atoms with Crippen LogP contribution in [0.4, 0.5) is 0 Å². The molecule has 29 heavy (non-hydrogen) atoms. The Hall–Kier alpha value is -1.68. The van der Waals surface area contributed by atoms with Crippen LogP contribution in [0.1, 0.15) is 38.2 Å². The summed E-state index contributed by atoms with van der Waals surface area (Å²) in [6.45, 7) is 2.26. The molecule has 2 heterocycles. The summed E-state index contributed by atoms with van der Waals surface area (Å²) < 4.78 is 1.29. The molecule has 0 nitrogen and oxygen atoms in total. The summed E-state index contributed by atoms with van der Waals surface area (Å²) in [5.41, 5.74) is 5.33. The predicted octanol–water partition coefficient (Wildman–Crippen LogP) is 9.70. The average Bonchev–Trinajstić information content (AvgIpc) is 3.39. The Morgan fingerprint density at radius 1 is 0.655 bits per heavy atom. The fraction of sp³-hybridized carbons (Fsp3) is 0.231. The number of halogens is 1. The topological polar surface area (TPSA) is 0 Å². The summed E-state index contributed by atoms with van der Waals surface area (Å²) >= 11 is 7.49. The maximum absolute atomic E-state index is 3.78. The van der Waals surface area contributed by atoms with Crippen LogP contribution in [0.15, 0.2) is 76.6 Å². The molecular formula is C26H25BrS2. The van der Waals surface area contributed by atoms with Gasteiger partial charge in [0.2, 0.25) is 0 Å². The lowest BCUT2D eigenvalue weighted by molar-refractivity contribution is 0.667. The fourth-order valence-corrected chi connectivity index (χ4v) is 6.30. The van der Waals surface area contributed by atoms with E-state index in [0.717, 1.165) is 0 Å². The zero-order chi connectivity index (χ0) is 20.1. The molecule has 0 radical (unpaired) electrons. The van der Waals surface area contributed by atoms with Crippen molar-refractivity contribution in [1.29, 1.82) is 0 Å². The van der Waals surface area contributed by atoms with Crippen molar-refractivity contribution >= 4 is 38.6 Å². The molecule has 3 heteroatoms. The van der Waals surface area contributed by atoms with Gasteiger partial charge in [-0.05, 0) is 69.2 Å². The van der Waals surface area contributed by atoms with Crippen molar-refractivity contribution in [3.8, 4) is 31.3 Å². The van der Waals surface area contributed by atoms with Crippen LogP contribution >= 0.6 is 38.6 Å². The molecule has 2 aromatic heterocycles. The molecule has 0 saturated heterocycles. The van der Waals surface area contributed by atoms with E-state index in [1.165, 1.54) is 72.8 Å². The first-order valence-corrected chi connectivity index (χ1v) is 12.7. The largest absolute Gasteiger partial charge is 0.135 e. The van der Waals surface area contributed by atoms with Crippen LogP contribution in [0, 0.1) is 0 Å². The van der Waals surface area contributed by atoms with Gasteiger partial charge in [0.05, 0.1) is 3.79 Å². The third-order valence-corrected chi connectivity index (χ3v) is 8.37. The molecule has 148 valence electrons. The van der Waals surface area contributed by atoms with Gasteiger partial charge in [-0.25, -0.2) is 0 Å². The van der Waals surface area contributed by atoms with Gasteiger partial charge in [0.1, 0.15) is 0 Å². The molecule has 0 atom stereocenters.